The van der Waals surface area contributed by atoms with E-state index >= 15 is 0 Å². The molecule has 7 nitrogen and oxygen atoms in total. The Kier molecular flexibility index (Phi) is 3.18. The van der Waals surface area contributed by atoms with Crippen molar-refractivity contribution in [2.24, 2.45) is 5.73 Å². The number of nitrogens with two attached hydrogens (primary N) is 1. The Balaban J connectivity index is 1.44. The first-order chi connectivity index (χ1) is 10.2. The normalized spacial score (nSPS) is 32.5. The van der Waals surface area contributed by atoms with Crippen LogP contribution in [0.4, 0.5) is 0 Å². The van der Waals surface area contributed by atoms with E-state index in [1.54, 1.807) is 11.8 Å². The molecule has 114 valence electrons. The van der Waals surface area contributed by atoms with Gasteiger partial charge in [-0.05, 0) is 55.4 Å². The summed E-state index contributed by atoms with van der Waals surface area (Å²) in [5.74, 6) is -0.209. The first-order valence-electron chi connectivity index (χ1n) is 7.68. The number of aromatic nitrogens is 4. The van der Waals surface area contributed by atoms with E-state index < -0.39 is 5.54 Å². The van der Waals surface area contributed by atoms with Gasteiger partial charge < -0.3 is 11.1 Å². The van der Waals surface area contributed by atoms with Crippen LogP contribution in [0.1, 0.15) is 51.0 Å². The minimum Gasteiger partial charge on any atom is -0.368 e. The van der Waals surface area contributed by atoms with E-state index in [4.69, 9.17) is 5.73 Å². The number of carbonyl (C=O) groups is 1. The van der Waals surface area contributed by atoms with Gasteiger partial charge in [-0.25, -0.2) is 4.68 Å². The van der Waals surface area contributed by atoms with Crippen molar-refractivity contribution in [1.29, 1.82) is 0 Å². The summed E-state index contributed by atoms with van der Waals surface area (Å²) in [5, 5.41) is 16.7. The fourth-order valence-electron chi connectivity index (χ4n) is 3.11. The molecule has 0 aliphatic heterocycles. The molecule has 0 spiro atoms. The van der Waals surface area contributed by atoms with E-state index in [1.165, 1.54) is 0 Å². The van der Waals surface area contributed by atoms with Crippen molar-refractivity contribution in [3.8, 4) is 0 Å². The maximum Gasteiger partial charge on any atom is 0.237 e. The molecular formula is C13H20N6OS. The van der Waals surface area contributed by atoms with Crippen molar-refractivity contribution >= 4 is 17.7 Å². The third-order valence-corrected chi connectivity index (χ3v) is 5.84. The number of nitrogens with zero attached hydrogens (tertiary/aromatic N) is 4. The zero-order chi connectivity index (χ0) is 14.4. The van der Waals surface area contributed by atoms with Gasteiger partial charge in [0.1, 0.15) is 0 Å². The minimum absolute atomic E-state index is 0.209. The van der Waals surface area contributed by atoms with Crippen molar-refractivity contribution < 1.29 is 4.79 Å². The summed E-state index contributed by atoms with van der Waals surface area (Å²) < 4.78 is 1.93. The van der Waals surface area contributed by atoms with Crippen molar-refractivity contribution in [1.82, 2.24) is 25.5 Å². The van der Waals surface area contributed by atoms with Gasteiger partial charge in [-0.15, -0.1) is 5.10 Å². The molecule has 1 aromatic rings. The van der Waals surface area contributed by atoms with Crippen molar-refractivity contribution in [2.75, 3.05) is 0 Å². The highest BCUT2D eigenvalue weighted by atomic mass is 32.2. The molecule has 3 saturated carbocycles. The molecule has 1 aromatic heterocycles. The van der Waals surface area contributed by atoms with E-state index in [1.807, 2.05) is 4.68 Å². The maximum atomic E-state index is 11.9. The Morgan fingerprint density at radius 2 is 2.14 bits per heavy atom. The molecule has 3 aliphatic carbocycles. The fraction of sp³-hybridized carbons (Fsp3) is 0.846. The molecule has 2 unspecified atom stereocenters. The predicted octanol–water partition coefficient (Wildman–Crippen LogP) is 0.629. The van der Waals surface area contributed by atoms with Crippen LogP contribution in [-0.2, 0) is 4.79 Å². The molecule has 8 heteroatoms. The van der Waals surface area contributed by atoms with Crippen LogP contribution in [0.25, 0.3) is 0 Å². The van der Waals surface area contributed by atoms with Crippen LogP contribution < -0.4 is 11.1 Å². The first-order valence-corrected chi connectivity index (χ1v) is 8.56. The predicted molar refractivity (Wildman–Crippen MR) is 77.7 cm³/mol. The SMILES string of the molecule is NC(=O)C1(NC2CC2)CCC(Sc2nnnn2C2CC2)C1. The minimum atomic E-state index is -0.517. The Hall–Kier alpha value is -1.15. The lowest BCUT2D eigenvalue weighted by molar-refractivity contribution is -0.124. The second-order valence-corrected chi connectivity index (χ2v) is 7.75. The molecule has 4 rings (SSSR count). The largest absolute Gasteiger partial charge is 0.368 e. The second-order valence-electron chi connectivity index (χ2n) is 6.48. The summed E-state index contributed by atoms with van der Waals surface area (Å²) in [7, 11) is 0. The average Bonchev–Trinajstić information content (AvgIpc) is 3.37. The molecule has 1 heterocycles. The van der Waals surface area contributed by atoms with Gasteiger partial charge in [0.2, 0.25) is 11.1 Å². The maximum absolute atomic E-state index is 11.9. The average molecular weight is 308 g/mol. The molecule has 3 fully saturated rings. The fourth-order valence-corrected chi connectivity index (χ4v) is 4.38. The highest BCUT2D eigenvalue weighted by molar-refractivity contribution is 7.99. The lowest BCUT2D eigenvalue weighted by atomic mass is 9.96. The van der Waals surface area contributed by atoms with E-state index in [-0.39, 0.29) is 5.91 Å². The third kappa shape index (κ3) is 2.66. The standard InChI is InChI=1S/C13H20N6OS/c14-11(20)13(15-8-1-2-8)6-5-10(7-13)21-12-16-17-18-19(12)9-3-4-9/h8-10,15H,1-7H2,(H2,14,20). The molecule has 0 radical (unpaired) electrons. The van der Waals surface area contributed by atoms with Crippen LogP contribution in [0, 0.1) is 0 Å². The van der Waals surface area contributed by atoms with E-state index in [2.05, 4.69) is 20.8 Å². The zero-order valence-electron chi connectivity index (χ0n) is 11.9. The molecule has 0 saturated heterocycles. The number of primary amides is 1. The Morgan fingerprint density at radius 1 is 1.33 bits per heavy atom. The number of nitrogens with one attached hydrogen (secondary N) is 1. The van der Waals surface area contributed by atoms with Gasteiger partial charge in [0.15, 0.2) is 0 Å². The van der Waals surface area contributed by atoms with Crippen LogP contribution in [-0.4, -0.2) is 42.9 Å². The van der Waals surface area contributed by atoms with Crippen LogP contribution in [0.5, 0.6) is 0 Å². The molecule has 21 heavy (non-hydrogen) atoms. The van der Waals surface area contributed by atoms with Crippen LogP contribution in [0.3, 0.4) is 0 Å². The number of thioether (sulfide) groups is 1. The molecule has 1 amide bonds. The Morgan fingerprint density at radius 3 is 2.81 bits per heavy atom. The molecule has 0 bridgehead atoms. The molecule has 3 N–H and O–H groups in total. The van der Waals surface area contributed by atoms with Crippen LogP contribution >= 0.6 is 11.8 Å². The molecule has 3 aliphatic rings. The zero-order valence-corrected chi connectivity index (χ0v) is 12.7. The van der Waals surface area contributed by atoms with Gasteiger partial charge in [-0.1, -0.05) is 11.8 Å². The monoisotopic (exact) mass is 308 g/mol. The van der Waals surface area contributed by atoms with Crippen molar-refractivity contribution in [2.45, 2.75) is 73.0 Å². The smallest absolute Gasteiger partial charge is 0.237 e. The number of carbonyl (C=O) groups excluding carboxylic acids is 1. The van der Waals surface area contributed by atoms with Crippen LogP contribution in [0.15, 0.2) is 5.16 Å². The molecule has 0 aromatic carbocycles. The van der Waals surface area contributed by atoms with Crippen molar-refractivity contribution in [3.05, 3.63) is 0 Å². The highest BCUT2D eigenvalue weighted by Crippen LogP contribution is 2.43. The van der Waals surface area contributed by atoms with E-state index in [0.29, 0.717) is 17.3 Å². The van der Waals surface area contributed by atoms with Gasteiger partial charge in [0, 0.05) is 11.3 Å². The quantitative estimate of drug-likeness (QED) is 0.799. The summed E-state index contributed by atoms with van der Waals surface area (Å²) in [4.78, 5) is 11.9. The number of tetrazole rings is 1. The number of amides is 1. The van der Waals surface area contributed by atoms with E-state index in [9.17, 15) is 4.79 Å². The number of hydrogen-bond acceptors (Lipinski definition) is 6. The van der Waals surface area contributed by atoms with Crippen molar-refractivity contribution in [3.63, 3.8) is 0 Å². The van der Waals surface area contributed by atoms with Gasteiger partial charge in [0.25, 0.3) is 0 Å². The second kappa shape index (κ2) is 4.95. The number of rotatable bonds is 6. The topological polar surface area (TPSA) is 98.7 Å². The Labute approximate surface area is 127 Å². The Bertz CT molecular complexity index is 555. The van der Waals surface area contributed by atoms with Crippen LogP contribution in [0.2, 0.25) is 0 Å². The summed E-state index contributed by atoms with van der Waals surface area (Å²) in [6.07, 6.45) is 7.22. The lowest BCUT2D eigenvalue weighted by Crippen LogP contribution is -2.54. The summed E-state index contributed by atoms with van der Waals surface area (Å²) in [6.45, 7) is 0. The summed E-state index contributed by atoms with van der Waals surface area (Å²) >= 11 is 1.70. The summed E-state index contributed by atoms with van der Waals surface area (Å²) in [6, 6.07) is 0.965. The van der Waals surface area contributed by atoms with Gasteiger partial charge in [0.05, 0.1) is 11.6 Å². The van der Waals surface area contributed by atoms with E-state index in [0.717, 1.165) is 50.1 Å². The van der Waals surface area contributed by atoms with Gasteiger partial charge in [-0.2, -0.15) is 0 Å². The first kappa shape index (κ1) is 13.5. The number of hydrogen-bond donors (Lipinski definition) is 2. The lowest BCUT2D eigenvalue weighted by Gasteiger charge is -2.27. The van der Waals surface area contributed by atoms with Gasteiger partial charge in [-0.3, -0.25) is 4.79 Å². The highest BCUT2D eigenvalue weighted by Gasteiger charge is 2.47. The molecule has 2 atom stereocenters. The summed E-state index contributed by atoms with van der Waals surface area (Å²) in [5.41, 5.74) is 5.16. The third-order valence-electron chi connectivity index (χ3n) is 4.63. The van der Waals surface area contributed by atoms with Gasteiger partial charge >= 0.3 is 0 Å². The molecular weight excluding hydrogens is 288 g/mol.